The first kappa shape index (κ1) is 23.4. The minimum absolute atomic E-state index is 0.129. The molecule has 4 heterocycles. The van der Waals surface area contributed by atoms with E-state index in [2.05, 4.69) is 10.3 Å². The molecule has 3 aliphatic rings. The van der Waals surface area contributed by atoms with Crippen LogP contribution in [0.1, 0.15) is 50.6 Å². The van der Waals surface area contributed by atoms with Gasteiger partial charge in [-0.25, -0.2) is 0 Å². The van der Waals surface area contributed by atoms with Crippen LogP contribution in [0.5, 0.6) is 11.5 Å². The summed E-state index contributed by atoms with van der Waals surface area (Å²) < 4.78 is 16.6. The Hall–Kier alpha value is -4.01. The second-order valence-electron chi connectivity index (χ2n) is 10.9. The van der Waals surface area contributed by atoms with Crippen molar-refractivity contribution < 1.29 is 28.6 Å². The normalized spacial score (nSPS) is 23.4. The first-order valence-corrected chi connectivity index (χ1v) is 12.5. The maximum absolute atomic E-state index is 14.1. The van der Waals surface area contributed by atoms with Gasteiger partial charge in [-0.2, -0.15) is 0 Å². The summed E-state index contributed by atoms with van der Waals surface area (Å²) in [6.45, 7) is 7.06. The lowest BCUT2D eigenvalue weighted by Gasteiger charge is -2.47. The number of piperazine rings is 1. The highest BCUT2D eigenvalue weighted by Gasteiger charge is 2.51. The van der Waals surface area contributed by atoms with E-state index in [0.29, 0.717) is 17.9 Å². The SMILES string of the molecule is CC(C(=O)OC(C)(C)C)[C@@H]1NC(=O)[C@H]2Cc3c([nH]c4ccccc34)[C@@H](c3ccc4c(c3)OCO4)N2C1=O. The predicted octanol–water partition coefficient (Wildman–Crippen LogP) is 3.22. The molecule has 1 fully saturated rings. The number of amides is 2. The standard InChI is InChI=1S/C28H29N3O6/c1-14(27(34)37-28(2,3)4)22-26(33)31-19(25(32)30-22)12-17-16-7-5-6-8-18(16)29-23(17)24(31)15-9-10-20-21(11-15)36-13-35-20/h5-11,14,19,22,24,29H,12-13H2,1-4H3,(H,30,32)/t14?,19-,22+,24-/m1/s1. The van der Waals surface area contributed by atoms with E-state index in [0.717, 1.165) is 27.7 Å². The van der Waals surface area contributed by atoms with Gasteiger partial charge in [0.1, 0.15) is 17.7 Å². The van der Waals surface area contributed by atoms with E-state index >= 15 is 0 Å². The van der Waals surface area contributed by atoms with E-state index in [-0.39, 0.29) is 18.6 Å². The smallest absolute Gasteiger partial charge is 0.311 e. The van der Waals surface area contributed by atoms with E-state index in [1.807, 2.05) is 42.5 Å². The molecule has 3 aliphatic heterocycles. The average molecular weight is 504 g/mol. The summed E-state index contributed by atoms with van der Waals surface area (Å²) in [5.74, 6) is -0.792. The Morgan fingerprint density at radius 1 is 1.11 bits per heavy atom. The van der Waals surface area contributed by atoms with E-state index < -0.39 is 35.6 Å². The minimum Gasteiger partial charge on any atom is -0.460 e. The number of H-pyrrole nitrogens is 1. The summed E-state index contributed by atoms with van der Waals surface area (Å²) in [6, 6.07) is 11.1. The summed E-state index contributed by atoms with van der Waals surface area (Å²) >= 11 is 0. The Morgan fingerprint density at radius 3 is 2.65 bits per heavy atom. The quantitative estimate of drug-likeness (QED) is 0.531. The van der Waals surface area contributed by atoms with Crippen molar-refractivity contribution in [3.05, 3.63) is 59.3 Å². The number of hydrogen-bond donors (Lipinski definition) is 2. The number of esters is 1. The zero-order valence-electron chi connectivity index (χ0n) is 21.2. The minimum atomic E-state index is -1.04. The zero-order chi connectivity index (χ0) is 26.1. The summed E-state index contributed by atoms with van der Waals surface area (Å²) in [7, 11) is 0. The van der Waals surface area contributed by atoms with Gasteiger partial charge in [0.15, 0.2) is 11.5 Å². The number of carbonyl (C=O) groups excluding carboxylic acids is 3. The molecule has 0 aliphatic carbocycles. The average Bonchev–Trinajstić information content (AvgIpc) is 3.47. The molecule has 0 radical (unpaired) electrons. The molecule has 2 aromatic carbocycles. The molecule has 9 heteroatoms. The second-order valence-corrected chi connectivity index (χ2v) is 10.9. The van der Waals surface area contributed by atoms with Crippen LogP contribution in [0.15, 0.2) is 42.5 Å². The molecule has 2 N–H and O–H groups in total. The Bertz CT molecular complexity index is 1440. The van der Waals surface area contributed by atoms with Gasteiger partial charge in [0, 0.05) is 23.0 Å². The number of hydrogen-bond acceptors (Lipinski definition) is 6. The number of fused-ring (bicyclic) bond motifs is 5. The fraction of sp³-hybridized carbons (Fsp3) is 0.393. The molecular weight excluding hydrogens is 474 g/mol. The maximum atomic E-state index is 14.1. The van der Waals surface area contributed by atoms with E-state index in [1.165, 1.54) is 0 Å². The number of benzene rings is 2. The number of aromatic nitrogens is 1. The molecule has 6 rings (SSSR count). The molecule has 1 saturated heterocycles. The lowest BCUT2D eigenvalue weighted by atomic mass is 9.84. The Morgan fingerprint density at radius 2 is 1.86 bits per heavy atom. The van der Waals surface area contributed by atoms with Crippen LogP contribution in [0.4, 0.5) is 0 Å². The lowest BCUT2D eigenvalue weighted by molar-refractivity contribution is -0.166. The summed E-state index contributed by atoms with van der Waals surface area (Å²) in [5, 5.41) is 3.85. The molecule has 0 bridgehead atoms. The van der Waals surface area contributed by atoms with Crippen molar-refractivity contribution >= 4 is 28.7 Å². The van der Waals surface area contributed by atoms with Gasteiger partial charge in [-0.1, -0.05) is 24.3 Å². The maximum Gasteiger partial charge on any atom is 0.311 e. The molecule has 1 aromatic heterocycles. The Balaban J connectivity index is 1.46. The topological polar surface area (TPSA) is 110 Å². The van der Waals surface area contributed by atoms with Gasteiger partial charge in [0.05, 0.1) is 12.0 Å². The predicted molar refractivity (Wildman–Crippen MR) is 134 cm³/mol. The fourth-order valence-electron chi connectivity index (χ4n) is 5.54. The van der Waals surface area contributed by atoms with Gasteiger partial charge >= 0.3 is 5.97 Å². The third kappa shape index (κ3) is 3.80. The van der Waals surface area contributed by atoms with Crippen LogP contribution in [0.3, 0.4) is 0 Å². The molecular formula is C28H29N3O6. The highest BCUT2D eigenvalue weighted by molar-refractivity contribution is 6.01. The fourth-order valence-corrected chi connectivity index (χ4v) is 5.54. The van der Waals surface area contributed by atoms with Crippen molar-refractivity contribution in [1.82, 2.24) is 15.2 Å². The van der Waals surface area contributed by atoms with Crippen molar-refractivity contribution in [2.24, 2.45) is 5.92 Å². The molecule has 3 aromatic rings. The molecule has 0 saturated carbocycles. The van der Waals surface area contributed by atoms with Crippen LogP contribution in [0, 0.1) is 5.92 Å². The Labute approximate surface area is 214 Å². The molecule has 37 heavy (non-hydrogen) atoms. The van der Waals surface area contributed by atoms with Crippen LogP contribution < -0.4 is 14.8 Å². The van der Waals surface area contributed by atoms with Crippen molar-refractivity contribution in [3.8, 4) is 11.5 Å². The van der Waals surface area contributed by atoms with E-state index in [1.54, 1.807) is 32.6 Å². The van der Waals surface area contributed by atoms with E-state index in [9.17, 15) is 14.4 Å². The number of ether oxygens (including phenoxy) is 3. The van der Waals surface area contributed by atoms with Gasteiger partial charge < -0.3 is 29.4 Å². The van der Waals surface area contributed by atoms with Gasteiger partial charge in [-0.3, -0.25) is 14.4 Å². The highest BCUT2D eigenvalue weighted by Crippen LogP contribution is 2.45. The highest BCUT2D eigenvalue weighted by atomic mass is 16.7. The molecule has 192 valence electrons. The van der Waals surface area contributed by atoms with Gasteiger partial charge in [0.2, 0.25) is 18.6 Å². The van der Waals surface area contributed by atoms with Crippen LogP contribution >= 0.6 is 0 Å². The van der Waals surface area contributed by atoms with Crippen molar-refractivity contribution in [2.75, 3.05) is 6.79 Å². The first-order valence-electron chi connectivity index (χ1n) is 12.5. The number of rotatable bonds is 3. The van der Waals surface area contributed by atoms with Gasteiger partial charge in [-0.05, 0) is 57.0 Å². The third-order valence-corrected chi connectivity index (χ3v) is 7.24. The van der Waals surface area contributed by atoms with Crippen LogP contribution in [-0.2, 0) is 25.5 Å². The van der Waals surface area contributed by atoms with Gasteiger partial charge in [-0.15, -0.1) is 0 Å². The van der Waals surface area contributed by atoms with Crippen molar-refractivity contribution in [2.45, 2.75) is 57.8 Å². The number of nitrogens with one attached hydrogen (secondary N) is 2. The monoisotopic (exact) mass is 503 g/mol. The number of nitrogens with zero attached hydrogens (tertiary/aromatic N) is 1. The molecule has 9 nitrogen and oxygen atoms in total. The van der Waals surface area contributed by atoms with Crippen molar-refractivity contribution in [1.29, 1.82) is 0 Å². The van der Waals surface area contributed by atoms with Crippen LogP contribution in [0.25, 0.3) is 10.9 Å². The van der Waals surface area contributed by atoms with Crippen molar-refractivity contribution in [3.63, 3.8) is 0 Å². The number of para-hydroxylation sites is 1. The summed E-state index contributed by atoms with van der Waals surface area (Å²) in [6.07, 6.45) is 0.367. The lowest BCUT2D eigenvalue weighted by Crippen LogP contribution is -2.68. The summed E-state index contributed by atoms with van der Waals surface area (Å²) in [4.78, 5) is 45.6. The number of aromatic amines is 1. The number of carbonyl (C=O) groups is 3. The largest absolute Gasteiger partial charge is 0.460 e. The zero-order valence-corrected chi connectivity index (χ0v) is 21.2. The third-order valence-electron chi connectivity index (χ3n) is 7.24. The second kappa shape index (κ2) is 8.26. The van der Waals surface area contributed by atoms with E-state index in [4.69, 9.17) is 14.2 Å². The molecule has 2 amide bonds. The summed E-state index contributed by atoms with van der Waals surface area (Å²) in [5.41, 5.74) is 2.86. The molecule has 4 atom stereocenters. The Kier molecular flexibility index (Phi) is 5.22. The van der Waals surface area contributed by atoms with Crippen LogP contribution in [-0.4, -0.2) is 52.1 Å². The van der Waals surface area contributed by atoms with Gasteiger partial charge in [0.25, 0.3) is 0 Å². The first-order chi connectivity index (χ1) is 17.6. The van der Waals surface area contributed by atoms with Crippen LogP contribution in [0.2, 0.25) is 0 Å². The molecule has 1 unspecified atom stereocenters. The molecule has 0 spiro atoms.